The summed E-state index contributed by atoms with van der Waals surface area (Å²) in [7, 11) is 2.62. The van der Waals surface area contributed by atoms with Gasteiger partial charge in [-0.1, -0.05) is 0 Å². The summed E-state index contributed by atoms with van der Waals surface area (Å²) in [5.74, 6) is -2.99. The van der Waals surface area contributed by atoms with Crippen LogP contribution in [0.3, 0.4) is 0 Å². The minimum Gasteiger partial charge on any atom is -0.497 e. The van der Waals surface area contributed by atoms with Gasteiger partial charge in [-0.2, -0.15) is 18.4 Å². The molecule has 0 saturated carbocycles. The van der Waals surface area contributed by atoms with Crippen LogP contribution in [0.5, 0.6) is 17.4 Å². The van der Waals surface area contributed by atoms with Crippen LogP contribution in [0.4, 0.5) is 23.2 Å². The van der Waals surface area contributed by atoms with Crippen LogP contribution in [0, 0.1) is 18.6 Å². The molecule has 2 aromatic heterocycles. The lowest BCUT2D eigenvalue weighted by Crippen LogP contribution is -2.24. The smallest absolute Gasteiger partial charge is 0.387 e. The number of pyridine rings is 1. The van der Waals surface area contributed by atoms with Crippen LogP contribution in [0.15, 0.2) is 53.3 Å². The number of rotatable bonds is 9. The van der Waals surface area contributed by atoms with E-state index in [2.05, 4.69) is 15.0 Å². The maximum atomic E-state index is 15.4. The molecule has 1 unspecified atom stereocenters. The van der Waals surface area contributed by atoms with Crippen LogP contribution in [-0.4, -0.2) is 53.3 Å². The van der Waals surface area contributed by atoms with Crippen LogP contribution in [0.2, 0.25) is 0 Å². The van der Waals surface area contributed by atoms with Crippen molar-refractivity contribution in [3.8, 4) is 34.5 Å². The third kappa shape index (κ3) is 6.18. The van der Waals surface area contributed by atoms with Crippen molar-refractivity contribution in [1.29, 1.82) is 0 Å². The van der Waals surface area contributed by atoms with E-state index in [1.165, 1.54) is 26.3 Å². The van der Waals surface area contributed by atoms with E-state index in [1.807, 2.05) is 0 Å². The van der Waals surface area contributed by atoms with Gasteiger partial charge in [0.2, 0.25) is 5.88 Å². The molecule has 1 aliphatic heterocycles. The second-order valence-corrected chi connectivity index (χ2v) is 9.63. The summed E-state index contributed by atoms with van der Waals surface area (Å²) in [5, 5.41) is 2.43. The molecule has 4 aromatic rings. The average Bonchev–Trinajstić information content (AvgIpc) is 3.54. The normalized spacial score (nSPS) is 14.7. The molecule has 14 heteroatoms. The third-order valence-electron chi connectivity index (χ3n) is 6.66. The summed E-state index contributed by atoms with van der Waals surface area (Å²) in [4.78, 5) is 31.5. The van der Waals surface area contributed by atoms with E-state index in [0.29, 0.717) is 25.2 Å². The maximum absolute atomic E-state index is 15.4. The molecule has 1 N–H and O–H groups in total. The number of benzene rings is 2. The van der Waals surface area contributed by atoms with Crippen LogP contribution in [-0.2, 0) is 11.8 Å². The molecule has 0 radical (unpaired) electrons. The van der Waals surface area contributed by atoms with Crippen LogP contribution in [0.1, 0.15) is 22.3 Å². The van der Waals surface area contributed by atoms with Crippen molar-refractivity contribution in [3.05, 3.63) is 81.6 Å². The fourth-order valence-corrected chi connectivity index (χ4v) is 4.69. The second-order valence-electron chi connectivity index (χ2n) is 9.63. The zero-order valence-corrected chi connectivity index (χ0v) is 23.2. The van der Waals surface area contributed by atoms with Gasteiger partial charge in [-0.3, -0.25) is 14.3 Å². The van der Waals surface area contributed by atoms with E-state index in [-0.39, 0.29) is 40.6 Å². The van der Waals surface area contributed by atoms with Crippen molar-refractivity contribution in [2.75, 3.05) is 25.6 Å². The largest absolute Gasteiger partial charge is 0.497 e. The second kappa shape index (κ2) is 12.2. The number of methoxy groups -OCH3 is 1. The van der Waals surface area contributed by atoms with E-state index in [1.54, 1.807) is 19.1 Å². The minimum absolute atomic E-state index is 0.0406. The first kappa shape index (κ1) is 29.6. The minimum atomic E-state index is -3.06. The van der Waals surface area contributed by atoms with Gasteiger partial charge in [-0.05, 0) is 42.8 Å². The highest BCUT2D eigenvalue weighted by Gasteiger charge is 2.28. The Hall–Kier alpha value is -4.85. The first-order valence-corrected chi connectivity index (χ1v) is 13.0. The molecule has 3 heterocycles. The molecule has 2 aromatic carbocycles. The Morgan fingerprint density at radius 2 is 1.79 bits per heavy atom. The molecule has 5 rings (SSSR count). The number of carbonyl (C=O) groups excluding carboxylic acids is 1. The van der Waals surface area contributed by atoms with Gasteiger partial charge in [0.15, 0.2) is 5.82 Å². The van der Waals surface area contributed by atoms with Crippen molar-refractivity contribution in [2.45, 2.75) is 26.1 Å². The van der Waals surface area contributed by atoms with Crippen LogP contribution in [0.25, 0.3) is 17.1 Å². The molecule has 0 bridgehead atoms. The molecular formula is C29H26F4N4O6. The summed E-state index contributed by atoms with van der Waals surface area (Å²) in [6.45, 7) is -0.397. The standard InChI is InChI=1S/C29H26F4N4O6/c1-15-10-22(34-23(11-15)42-18-8-9-41-14-18)37-28(39)25(35-27(38)16-4-6-17(7-5-16)43-29(32)33)26(36(37)2)24-20(30)12-19(40-3)13-21(24)31/h4-7,10-13,18,29H,8-9,14H2,1-3H3,(H,35,38). The Labute approximate surface area is 242 Å². The lowest BCUT2D eigenvalue weighted by molar-refractivity contribution is -0.0498. The maximum Gasteiger partial charge on any atom is 0.387 e. The number of anilines is 1. The summed E-state index contributed by atoms with van der Waals surface area (Å²) in [6, 6.07) is 9.79. The fraction of sp³-hybridized carbons (Fsp3) is 0.276. The molecule has 226 valence electrons. The molecule has 1 atom stereocenters. The average molecular weight is 603 g/mol. The van der Waals surface area contributed by atoms with Crippen molar-refractivity contribution in [2.24, 2.45) is 7.05 Å². The number of nitrogens with zero attached hydrogens (tertiary/aromatic N) is 3. The van der Waals surface area contributed by atoms with Gasteiger partial charge in [-0.15, -0.1) is 0 Å². The van der Waals surface area contributed by atoms with Crippen molar-refractivity contribution >= 4 is 11.6 Å². The number of aryl methyl sites for hydroxylation is 1. The van der Waals surface area contributed by atoms with Crippen LogP contribution >= 0.6 is 0 Å². The number of alkyl halides is 2. The van der Waals surface area contributed by atoms with E-state index in [4.69, 9.17) is 14.2 Å². The van der Waals surface area contributed by atoms with Gasteiger partial charge < -0.3 is 24.3 Å². The molecule has 1 amide bonds. The zero-order chi connectivity index (χ0) is 30.8. The summed E-state index contributed by atoms with van der Waals surface area (Å²) >= 11 is 0. The van der Waals surface area contributed by atoms with Gasteiger partial charge in [0, 0.05) is 37.2 Å². The van der Waals surface area contributed by atoms with E-state index in [0.717, 1.165) is 33.6 Å². The predicted molar refractivity (Wildman–Crippen MR) is 146 cm³/mol. The van der Waals surface area contributed by atoms with Gasteiger partial charge in [0.25, 0.3) is 11.5 Å². The molecule has 0 aliphatic carbocycles. The van der Waals surface area contributed by atoms with Crippen LogP contribution < -0.4 is 25.1 Å². The Balaban J connectivity index is 1.63. The highest BCUT2D eigenvalue weighted by atomic mass is 19.3. The molecule has 0 spiro atoms. The number of aromatic nitrogens is 3. The van der Waals surface area contributed by atoms with Gasteiger partial charge in [0.05, 0.1) is 25.9 Å². The number of ether oxygens (including phenoxy) is 4. The van der Waals surface area contributed by atoms with Gasteiger partial charge in [0.1, 0.15) is 40.6 Å². The number of nitrogens with one attached hydrogen (secondary N) is 1. The lowest BCUT2D eigenvalue weighted by atomic mass is 10.1. The van der Waals surface area contributed by atoms with Crippen molar-refractivity contribution in [3.63, 3.8) is 0 Å². The monoisotopic (exact) mass is 602 g/mol. The third-order valence-corrected chi connectivity index (χ3v) is 6.66. The quantitative estimate of drug-likeness (QED) is 0.273. The Morgan fingerprint density at radius 1 is 1.09 bits per heavy atom. The van der Waals surface area contributed by atoms with E-state index >= 15 is 8.78 Å². The SMILES string of the molecule is COc1cc(F)c(-c2c(NC(=O)c3ccc(OC(F)F)cc3)c(=O)n(-c3cc(C)cc(OC4CCOC4)n3)n2C)c(F)c1. The number of amides is 1. The molecule has 1 aliphatic rings. The topological polar surface area (TPSA) is 106 Å². The van der Waals surface area contributed by atoms with Gasteiger partial charge >= 0.3 is 6.61 Å². The molecule has 1 fully saturated rings. The first-order valence-electron chi connectivity index (χ1n) is 13.0. The molecule has 10 nitrogen and oxygen atoms in total. The summed E-state index contributed by atoms with van der Waals surface area (Å²) in [5.41, 5.74) is -1.59. The lowest BCUT2D eigenvalue weighted by Gasteiger charge is -2.15. The molecule has 1 saturated heterocycles. The Bertz CT molecular complexity index is 1690. The highest BCUT2D eigenvalue weighted by Crippen LogP contribution is 2.34. The molecular weight excluding hydrogens is 576 g/mol. The summed E-state index contributed by atoms with van der Waals surface area (Å²) in [6.07, 6.45) is 0.415. The van der Waals surface area contributed by atoms with E-state index < -0.39 is 41.0 Å². The predicted octanol–water partition coefficient (Wildman–Crippen LogP) is 4.85. The number of hydrogen-bond donors (Lipinski definition) is 1. The van der Waals surface area contributed by atoms with Gasteiger partial charge in [-0.25, -0.2) is 8.78 Å². The fourth-order valence-electron chi connectivity index (χ4n) is 4.69. The number of hydrogen-bond acceptors (Lipinski definition) is 7. The number of halogens is 4. The van der Waals surface area contributed by atoms with Crippen molar-refractivity contribution in [1.82, 2.24) is 14.3 Å². The first-order chi connectivity index (χ1) is 20.5. The summed E-state index contributed by atoms with van der Waals surface area (Å²) < 4.78 is 78.5. The molecule has 43 heavy (non-hydrogen) atoms. The van der Waals surface area contributed by atoms with E-state index in [9.17, 15) is 18.4 Å². The number of carbonyl (C=O) groups is 1. The zero-order valence-electron chi connectivity index (χ0n) is 23.2. The van der Waals surface area contributed by atoms with Crippen molar-refractivity contribution < 1.29 is 41.3 Å². The highest BCUT2D eigenvalue weighted by molar-refractivity contribution is 6.06. The Kier molecular flexibility index (Phi) is 8.39. The Morgan fingerprint density at radius 3 is 2.40 bits per heavy atom.